The van der Waals surface area contributed by atoms with E-state index in [1.807, 2.05) is 6.07 Å². The summed E-state index contributed by atoms with van der Waals surface area (Å²) in [5.74, 6) is 0. The Morgan fingerprint density at radius 1 is 1.53 bits per heavy atom. The molecule has 0 fully saturated rings. The van der Waals surface area contributed by atoms with Crippen LogP contribution in [0.1, 0.15) is 18.5 Å². The first-order valence-electron chi connectivity index (χ1n) is 4.42. The highest BCUT2D eigenvalue weighted by molar-refractivity contribution is 5.85. The van der Waals surface area contributed by atoms with Gasteiger partial charge in [0.15, 0.2) is 0 Å². The van der Waals surface area contributed by atoms with Gasteiger partial charge in [-0.05, 0) is 25.1 Å². The maximum absolute atomic E-state index is 11.5. The van der Waals surface area contributed by atoms with Crippen molar-refractivity contribution in [2.45, 2.75) is 13.0 Å². The molecule has 2 aromatic rings. The number of aromatic nitrogens is 2. The third-order valence-electron chi connectivity index (χ3n) is 2.13. The Hall–Kier alpha value is -1.39. The molecule has 4 nitrogen and oxygen atoms in total. The van der Waals surface area contributed by atoms with E-state index in [4.69, 9.17) is 5.73 Å². The number of hydrogen-bond acceptors (Lipinski definition) is 3. The Balaban J connectivity index is 0.00000112. The Kier molecular flexibility index (Phi) is 3.44. The van der Waals surface area contributed by atoms with E-state index in [0.29, 0.717) is 5.56 Å². The fraction of sp³-hybridized carbons (Fsp3) is 0.200. The van der Waals surface area contributed by atoms with Gasteiger partial charge in [0.25, 0.3) is 5.56 Å². The van der Waals surface area contributed by atoms with Crippen LogP contribution >= 0.6 is 12.4 Å². The largest absolute Gasteiger partial charge is 0.324 e. The van der Waals surface area contributed by atoms with E-state index in [1.165, 1.54) is 0 Å². The number of hydrogen-bond donors (Lipinski definition) is 2. The molecule has 0 saturated heterocycles. The smallest absolute Gasteiger partial charge is 0.253 e. The Labute approximate surface area is 92.9 Å². The Morgan fingerprint density at radius 3 is 2.93 bits per heavy atom. The maximum Gasteiger partial charge on any atom is 0.253 e. The zero-order valence-electron chi connectivity index (χ0n) is 8.23. The molecule has 0 bridgehead atoms. The molecule has 15 heavy (non-hydrogen) atoms. The summed E-state index contributed by atoms with van der Waals surface area (Å²) in [5, 5.41) is 0. The van der Waals surface area contributed by atoms with Gasteiger partial charge < -0.3 is 10.7 Å². The van der Waals surface area contributed by atoms with Gasteiger partial charge >= 0.3 is 0 Å². The maximum atomic E-state index is 11.5. The number of halogens is 1. The van der Waals surface area contributed by atoms with Crippen molar-refractivity contribution in [3.8, 4) is 0 Å². The lowest BCUT2D eigenvalue weighted by atomic mass is 10.1. The summed E-state index contributed by atoms with van der Waals surface area (Å²) in [4.78, 5) is 18.4. The molecular formula is C10H12ClN3O. The third-order valence-corrected chi connectivity index (χ3v) is 2.13. The lowest BCUT2D eigenvalue weighted by Crippen LogP contribution is -2.19. The molecule has 2 aromatic heterocycles. The van der Waals surface area contributed by atoms with E-state index in [1.54, 1.807) is 25.3 Å². The van der Waals surface area contributed by atoms with Crippen LogP contribution in [-0.2, 0) is 0 Å². The standard InChI is InChI=1S/C10H11N3O.ClH/c1-6(11)7-5-9-8(13-10(7)14)3-2-4-12-9;/h2-6H,11H2,1H3,(H,13,14);1H. The van der Waals surface area contributed by atoms with Crippen molar-refractivity contribution < 1.29 is 0 Å². The minimum Gasteiger partial charge on any atom is -0.324 e. The normalized spacial score (nSPS) is 12.1. The summed E-state index contributed by atoms with van der Waals surface area (Å²) in [5.41, 5.74) is 7.59. The quantitative estimate of drug-likeness (QED) is 0.770. The highest BCUT2D eigenvalue weighted by atomic mass is 35.5. The number of aromatic amines is 1. The summed E-state index contributed by atoms with van der Waals surface area (Å²) in [6.45, 7) is 1.78. The predicted molar refractivity (Wildman–Crippen MR) is 62.2 cm³/mol. The van der Waals surface area contributed by atoms with Crippen molar-refractivity contribution in [2.24, 2.45) is 5.73 Å². The molecular weight excluding hydrogens is 214 g/mol. The average Bonchev–Trinajstić information content (AvgIpc) is 2.16. The Bertz CT molecular complexity index is 521. The van der Waals surface area contributed by atoms with Crippen LogP contribution < -0.4 is 11.3 Å². The molecule has 0 aliphatic heterocycles. The van der Waals surface area contributed by atoms with Crippen molar-refractivity contribution in [1.29, 1.82) is 0 Å². The predicted octanol–water partition coefficient (Wildman–Crippen LogP) is 1.36. The first-order valence-corrected chi connectivity index (χ1v) is 4.42. The third kappa shape index (κ3) is 2.16. The van der Waals surface area contributed by atoms with Gasteiger partial charge in [-0.25, -0.2) is 0 Å². The number of rotatable bonds is 1. The van der Waals surface area contributed by atoms with Crippen LogP contribution in [-0.4, -0.2) is 9.97 Å². The summed E-state index contributed by atoms with van der Waals surface area (Å²) in [6, 6.07) is 5.06. The van der Waals surface area contributed by atoms with Crippen LogP contribution in [0.4, 0.5) is 0 Å². The van der Waals surface area contributed by atoms with Crippen LogP contribution in [0.15, 0.2) is 29.2 Å². The number of nitrogens with zero attached hydrogens (tertiary/aromatic N) is 1. The number of fused-ring (bicyclic) bond motifs is 1. The van der Waals surface area contributed by atoms with Gasteiger partial charge in [0, 0.05) is 17.8 Å². The molecule has 5 heteroatoms. The summed E-state index contributed by atoms with van der Waals surface area (Å²) < 4.78 is 0. The Morgan fingerprint density at radius 2 is 2.27 bits per heavy atom. The van der Waals surface area contributed by atoms with Gasteiger partial charge in [0.1, 0.15) is 0 Å². The fourth-order valence-electron chi connectivity index (χ4n) is 1.38. The zero-order valence-corrected chi connectivity index (χ0v) is 9.04. The summed E-state index contributed by atoms with van der Waals surface area (Å²) >= 11 is 0. The van der Waals surface area contributed by atoms with E-state index in [2.05, 4.69) is 9.97 Å². The van der Waals surface area contributed by atoms with Crippen LogP contribution in [0.5, 0.6) is 0 Å². The molecule has 0 radical (unpaired) electrons. The number of nitrogens with one attached hydrogen (secondary N) is 1. The molecule has 0 saturated carbocycles. The number of nitrogens with two attached hydrogens (primary N) is 1. The van der Waals surface area contributed by atoms with E-state index in [9.17, 15) is 4.79 Å². The van der Waals surface area contributed by atoms with Gasteiger partial charge in [-0.15, -0.1) is 12.4 Å². The molecule has 0 aliphatic rings. The first-order chi connectivity index (χ1) is 6.68. The topological polar surface area (TPSA) is 71.8 Å². The number of H-pyrrole nitrogens is 1. The molecule has 0 aliphatic carbocycles. The minimum atomic E-state index is -0.273. The highest BCUT2D eigenvalue weighted by Crippen LogP contribution is 2.10. The van der Waals surface area contributed by atoms with Crippen LogP contribution in [0.25, 0.3) is 11.0 Å². The van der Waals surface area contributed by atoms with E-state index in [0.717, 1.165) is 11.0 Å². The van der Waals surface area contributed by atoms with Gasteiger partial charge in [-0.3, -0.25) is 9.78 Å². The monoisotopic (exact) mass is 225 g/mol. The minimum absolute atomic E-state index is 0. The molecule has 1 unspecified atom stereocenters. The van der Waals surface area contributed by atoms with Crippen molar-refractivity contribution in [3.05, 3.63) is 40.3 Å². The fourth-order valence-corrected chi connectivity index (χ4v) is 1.38. The molecule has 3 N–H and O–H groups in total. The van der Waals surface area contributed by atoms with Crippen LogP contribution in [0, 0.1) is 0 Å². The van der Waals surface area contributed by atoms with E-state index < -0.39 is 0 Å². The second-order valence-electron chi connectivity index (χ2n) is 3.28. The van der Waals surface area contributed by atoms with E-state index >= 15 is 0 Å². The lowest BCUT2D eigenvalue weighted by molar-refractivity contribution is 0.803. The average molecular weight is 226 g/mol. The van der Waals surface area contributed by atoms with Crippen LogP contribution in [0.3, 0.4) is 0 Å². The second kappa shape index (κ2) is 4.42. The first kappa shape index (κ1) is 11.7. The van der Waals surface area contributed by atoms with Gasteiger partial charge in [0.2, 0.25) is 0 Å². The number of pyridine rings is 2. The molecule has 0 aromatic carbocycles. The zero-order chi connectivity index (χ0) is 10.1. The summed E-state index contributed by atoms with van der Waals surface area (Å²) in [7, 11) is 0. The van der Waals surface area contributed by atoms with Gasteiger partial charge in [-0.1, -0.05) is 0 Å². The lowest BCUT2D eigenvalue weighted by Gasteiger charge is -2.04. The van der Waals surface area contributed by atoms with Crippen LogP contribution in [0.2, 0.25) is 0 Å². The molecule has 0 amide bonds. The molecule has 1 atom stereocenters. The van der Waals surface area contributed by atoms with Gasteiger partial charge in [0.05, 0.1) is 11.0 Å². The highest BCUT2D eigenvalue weighted by Gasteiger charge is 2.06. The van der Waals surface area contributed by atoms with Crippen molar-refractivity contribution in [3.63, 3.8) is 0 Å². The molecule has 0 spiro atoms. The van der Waals surface area contributed by atoms with Gasteiger partial charge in [-0.2, -0.15) is 0 Å². The van der Waals surface area contributed by atoms with Crippen molar-refractivity contribution >= 4 is 23.4 Å². The van der Waals surface area contributed by atoms with Crippen molar-refractivity contribution in [1.82, 2.24) is 9.97 Å². The summed E-state index contributed by atoms with van der Waals surface area (Å²) in [6.07, 6.45) is 1.69. The van der Waals surface area contributed by atoms with Crippen molar-refractivity contribution in [2.75, 3.05) is 0 Å². The van der Waals surface area contributed by atoms with E-state index in [-0.39, 0.29) is 24.0 Å². The SMILES string of the molecule is CC(N)c1cc2ncccc2[nH]c1=O.Cl. The molecule has 2 rings (SSSR count). The molecule has 80 valence electrons. The second-order valence-corrected chi connectivity index (χ2v) is 3.28. The molecule has 2 heterocycles.